The van der Waals surface area contributed by atoms with Gasteiger partial charge in [0.1, 0.15) is 18.7 Å². The third kappa shape index (κ3) is 9.45. The molecular weight excluding hydrogens is 380 g/mol. The molecule has 0 aliphatic heterocycles. The van der Waals surface area contributed by atoms with E-state index in [0.717, 1.165) is 5.56 Å². The number of ether oxygens (including phenoxy) is 1. The highest BCUT2D eigenvalue weighted by molar-refractivity contribution is 5.89. The zero-order valence-electron chi connectivity index (χ0n) is 16.5. The van der Waals surface area contributed by atoms with Gasteiger partial charge in [0.25, 0.3) is 0 Å². The van der Waals surface area contributed by atoms with Crippen molar-refractivity contribution in [2.45, 2.75) is 45.4 Å². The number of amides is 4. The van der Waals surface area contributed by atoms with Gasteiger partial charge in [0.2, 0.25) is 5.91 Å². The number of aliphatic carboxylic acids is 1. The van der Waals surface area contributed by atoms with E-state index in [-0.39, 0.29) is 25.5 Å². The summed E-state index contributed by atoms with van der Waals surface area (Å²) in [5, 5.41) is 16.5. The van der Waals surface area contributed by atoms with Crippen LogP contribution in [0.1, 0.15) is 32.3 Å². The maximum atomic E-state index is 12.5. The third-order valence-electron chi connectivity index (χ3n) is 4.02. The topological polar surface area (TPSA) is 160 Å². The highest BCUT2D eigenvalue weighted by Crippen LogP contribution is 2.06. The standard InChI is InChI=1S/C19H28N4O6/c1-12(2)15(23-19(28)29-11-13-7-4-3-5-8-13)16(24)22-14(17(25)26)9-6-10-21-18(20)27/h3-5,7-8,12,14-15H,6,9-11H2,1-2H3,(H,22,24)(H,23,28)(H,25,26)(H3,20,21,27)/t14?,15-/m0/s1. The summed E-state index contributed by atoms with van der Waals surface area (Å²) in [4.78, 5) is 46.6. The van der Waals surface area contributed by atoms with Crippen molar-refractivity contribution in [3.05, 3.63) is 35.9 Å². The molecule has 0 fully saturated rings. The molecule has 0 heterocycles. The van der Waals surface area contributed by atoms with E-state index >= 15 is 0 Å². The van der Waals surface area contributed by atoms with Crippen LogP contribution in [-0.2, 0) is 20.9 Å². The first-order valence-corrected chi connectivity index (χ1v) is 9.24. The van der Waals surface area contributed by atoms with Crippen molar-refractivity contribution in [1.29, 1.82) is 0 Å². The van der Waals surface area contributed by atoms with Crippen LogP contribution in [-0.4, -0.2) is 47.7 Å². The molecule has 0 aromatic heterocycles. The highest BCUT2D eigenvalue weighted by Gasteiger charge is 2.28. The summed E-state index contributed by atoms with van der Waals surface area (Å²) in [6.07, 6.45) is -0.385. The largest absolute Gasteiger partial charge is 0.480 e. The van der Waals surface area contributed by atoms with E-state index in [1.807, 2.05) is 18.2 Å². The zero-order chi connectivity index (χ0) is 21.8. The zero-order valence-corrected chi connectivity index (χ0v) is 16.5. The Morgan fingerprint density at radius 2 is 1.76 bits per heavy atom. The average Bonchev–Trinajstić information content (AvgIpc) is 2.66. The minimum absolute atomic E-state index is 0.0454. The lowest BCUT2D eigenvalue weighted by Crippen LogP contribution is -2.53. The molecule has 4 amide bonds. The van der Waals surface area contributed by atoms with Crippen molar-refractivity contribution in [2.75, 3.05) is 6.54 Å². The minimum atomic E-state index is -1.22. The fraction of sp³-hybridized carbons (Fsp3) is 0.474. The highest BCUT2D eigenvalue weighted by atomic mass is 16.5. The Hall–Kier alpha value is -3.30. The number of alkyl carbamates (subject to hydrolysis) is 1. The number of urea groups is 1. The fourth-order valence-corrected chi connectivity index (χ4v) is 2.46. The number of carboxylic acids is 1. The molecule has 0 aliphatic carbocycles. The van der Waals surface area contributed by atoms with Gasteiger partial charge >= 0.3 is 18.1 Å². The van der Waals surface area contributed by atoms with Gasteiger partial charge in [-0.3, -0.25) is 4.79 Å². The maximum Gasteiger partial charge on any atom is 0.408 e. The van der Waals surface area contributed by atoms with Gasteiger partial charge in [0.15, 0.2) is 0 Å². The van der Waals surface area contributed by atoms with Crippen LogP contribution in [0.4, 0.5) is 9.59 Å². The van der Waals surface area contributed by atoms with Crippen LogP contribution in [0.2, 0.25) is 0 Å². The number of primary amides is 1. The Morgan fingerprint density at radius 3 is 2.31 bits per heavy atom. The number of benzene rings is 1. The Bertz CT molecular complexity index is 695. The van der Waals surface area contributed by atoms with Crippen LogP contribution in [0.25, 0.3) is 0 Å². The number of carboxylic acid groups (broad SMARTS) is 1. The predicted octanol–water partition coefficient (Wildman–Crippen LogP) is 0.955. The van der Waals surface area contributed by atoms with Gasteiger partial charge in [-0.15, -0.1) is 0 Å². The van der Waals surface area contributed by atoms with E-state index in [0.29, 0.717) is 6.42 Å². The van der Waals surface area contributed by atoms with Crippen molar-refractivity contribution >= 4 is 24.0 Å². The second kappa shape index (κ2) is 12.2. The predicted molar refractivity (Wildman–Crippen MR) is 105 cm³/mol. The van der Waals surface area contributed by atoms with Gasteiger partial charge in [-0.25, -0.2) is 14.4 Å². The van der Waals surface area contributed by atoms with Gasteiger partial charge in [-0.2, -0.15) is 0 Å². The van der Waals surface area contributed by atoms with Crippen LogP contribution in [0.5, 0.6) is 0 Å². The fourth-order valence-electron chi connectivity index (χ4n) is 2.46. The van der Waals surface area contributed by atoms with Crippen molar-refractivity contribution in [2.24, 2.45) is 11.7 Å². The minimum Gasteiger partial charge on any atom is -0.480 e. The van der Waals surface area contributed by atoms with Gasteiger partial charge in [-0.05, 0) is 24.3 Å². The van der Waals surface area contributed by atoms with Crippen molar-refractivity contribution in [3.8, 4) is 0 Å². The lowest BCUT2D eigenvalue weighted by molar-refractivity contribution is -0.142. The van der Waals surface area contributed by atoms with E-state index in [1.54, 1.807) is 26.0 Å². The van der Waals surface area contributed by atoms with E-state index in [2.05, 4.69) is 16.0 Å². The Balaban J connectivity index is 2.58. The van der Waals surface area contributed by atoms with Crippen LogP contribution in [0.3, 0.4) is 0 Å². The van der Waals surface area contributed by atoms with Crippen molar-refractivity contribution in [1.82, 2.24) is 16.0 Å². The molecule has 1 aromatic carbocycles. The van der Waals surface area contributed by atoms with Crippen LogP contribution >= 0.6 is 0 Å². The van der Waals surface area contributed by atoms with Crippen molar-refractivity contribution in [3.63, 3.8) is 0 Å². The molecule has 0 saturated carbocycles. The quantitative estimate of drug-likeness (QED) is 0.343. The molecule has 6 N–H and O–H groups in total. The monoisotopic (exact) mass is 408 g/mol. The Kier molecular flexibility index (Phi) is 10.00. The van der Waals surface area contributed by atoms with E-state index in [9.17, 15) is 24.3 Å². The summed E-state index contributed by atoms with van der Waals surface area (Å²) in [5.41, 5.74) is 5.74. The molecule has 0 aliphatic rings. The molecule has 10 heteroatoms. The second-order valence-corrected chi connectivity index (χ2v) is 6.76. The van der Waals surface area contributed by atoms with Gasteiger partial charge in [0, 0.05) is 6.54 Å². The number of carbonyl (C=O) groups excluding carboxylic acids is 3. The molecule has 0 radical (unpaired) electrons. The number of hydrogen-bond acceptors (Lipinski definition) is 5. The summed E-state index contributed by atoms with van der Waals surface area (Å²) in [6, 6.07) is 6.21. The first-order valence-electron chi connectivity index (χ1n) is 9.24. The molecule has 1 aromatic rings. The molecular formula is C19H28N4O6. The summed E-state index contributed by atoms with van der Waals surface area (Å²) < 4.78 is 5.11. The molecule has 0 saturated heterocycles. The van der Waals surface area contributed by atoms with Gasteiger partial charge in [-0.1, -0.05) is 44.2 Å². The smallest absolute Gasteiger partial charge is 0.408 e. The summed E-state index contributed by atoms with van der Waals surface area (Å²) in [7, 11) is 0. The Morgan fingerprint density at radius 1 is 1.10 bits per heavy atom. The van der Waals surface area contributed by atoms with Gasteiger partial charge in [0.05, 0.1) is 0 Å². The summed E-state index contributed by atoms with van der Waals surface area (Å²) in [5.74, 6) is -2.15. The van der Waals surface area contributed by atoms with Crippen molar-refractivity contribution < 1.29 is 29.0 Å². The van der Waals surface area contributed by atoms with Crippen LogP contribution < -0.4 is 21.7 Å². The molecule has 29 heavy (non-hydrogen) atoms. The number of nitrogens with two attached hydrogens (primary N) is 1. The lowest BCUT2D eigenvalue weighted by atomic mass is 10.0. The first-order chi connectivity index (χ1) is 13.7. The Labute approximate surface area is 169 Å². The number of hydrogen-bond donors (Lipinski definition) is 5. The average molecular weight is 408 g/mol. The number of rotatable bonds is 11. The normalized spacial score (nSPS) is 12.5. The van der Waals surface area contributed by atoms with E-state index in [4.69, 9.17) is 10.5 Å². The SMILES string of the molecule is CC(C)[C@H](NC(=O)OCc1ccccc1)C(=O)NC(CCCNC(N)=O)C(=O)O. The van der Waals surface area contributed by atoms with Gasteiger partial charge < -0.3 is 31.5 Å². The molecule has 2 atom stereocenters. The third-order valence-corrected chi connectivity index (χ3v) is 4.02. The second-order valence-electron chi connectivity index (χ2n) is 6.76. The van der Waals surface area contributed by atoms with E-state index in [1.165, 1.54) is 0 Å². The van der Waals surface area contributed by atoms with Crippen LogP contribution in [0, 0.1) is 5.92 Å². The maximum absolute atomic E-state index is 12.5. The summed E-state index contributed by atoms with van der Waals surface area (Å²) in [6.45, 7) is 3.67. The number of nitrogens with one attached hydrogen (secondary N) is 3. The lowest BCUT2D eigenvalue weighted by Gasteiger charge is -2.23. The van der Waals surface area contributed by atoms with E-state index < -0.39 is 36.1 Å². The first kappa shape index (κ1) is 23.7. The molecule has 0 bridgehead atoms. The summed E-state index contributed by atoms with van der Waals surface area (Å²) >= 11 is 0. The number of carbonyl (C=O) groups is 4. The molecule has 1 rings (SSSR count). The van der Waals surface area contributed by atoms with Crippen LogP contribution in [0.15, 0.2) is 30.3 Å². The molecule has 0 spiro atoms. The molecule has 160 valence electrons. The molecule has 10 nitrogen and oxygen atoms in total. The molecule has 1 unspecified atom stereocenters.